The monoisotopic (exact) mass is 334 g/mol. The van der Waals surface area contributed by atoms with Crippen molar-refractivity contribution < 1.29 is 14.0 Å². The van der Waals surface area contributed by atoms with Gasteiger partial charge in [0.1, 0.15) is 12.4 Å². The van der Waals surface area contributed by atoms with Crippen molar-refractivity contribution in [1.82, 2.24) is 19.8 Å². The quantitative estimate of drug-likeness (QED) is 0.871. The molecule has 0 atom stereocenters. The first-order chi connectivity index (χ1) is 11.1. The molecule has 8 heteroatoms. The lowest BCUT2D eigenvalue weighted by Gasteiger charge is -2.20. The Kier molecular flexibility index (Phi) is 4.61. The van der Waals surface area contributed by atoms with E-state index in [0.717, 1.165) is 29.9 Å². The molecule has 0 unspecified atom stereocenters. The summed E-state index contributed by atoms with van der Waals surface area (Å²) in [4.78, 5) is 26.0. The Labute approximate surface area is 136 Å². The number of hydrogen-bond acceptors (Lipinski definition) is 5. The molecule has 0 radical (unpaired) electrons. The van der Waals surface area contributed by atoms with Crippen LogP contribution in [-0.2, 0) is 11.3 Å². The lowest BCUT2D eigenvalue weighted by molar-refractivity contribution is -0.122. The topological polar surface area (TPSA) is 75.2 Å². The van der Waals surface area contributed by atoms with Gasteiger partial charge in [-0.3, -0.25) is 9.59 Å². The van der Waals surface area contributed by atoms with Crippen LogP contribution in [0.25, 0.3) is 0 Å². The standard InChI is InChI=1S/C15H15FN4O2S/c16-11-3-1-10(2-4-11)7-17-14(21)8-20(12-5-6-12)15(22)13-9-23-19-18-13/h1-4,9,12H,5-8H2,(H,17,21). The summed E-state index contributed by atoms with van der Waals surface area (Å²) < 4.78 is 16.5. The van der Waals surface area contributed by atoms with Gasteiger partial charge in [0.25, 0.3) is 5.91 Å². The number of nitrogens with zero attached hydrogens (tertiary/aromatic N) is 3. The van der Waals surface area contributed by atoms with Gasteiger partial charge in [0.05, 0.1) is 0 Å². The van der Waals surface area contributed by atoms with Crippen LogP contribution < -0.4 is 5.32 Å². The maximum atomic E-state index is 12.8. The van der Waals surface area contributed by atoms with E-state index in [4.69, 9.17) is 0 Å². The Hall–Kier alpha value is -2.35. The van der Waals surface area contributed by atoms with Gasteiger partial charge in [-0.25, -0.2) is 4.39 Å². The zero-order chi connectivity index (χ0) is 16.2. The molecule has 3 rings (SSSR count). The van der Waals surface area contributed by atoms with Crippen LogP contribution in [0.4, 0.5) is 4.39 Å². The summed E-state index contributed by atoms with van der Waals surface area (Å²) in [5.41, 5.74) is 1.07. The number of hydrogen-bond donors (Lipinski definition) is 1. The van der Waals surface area contributed by atoms with Crippen LogP contribution in [0.5, 0.6) is 0 Å². The molecule has 2 amide bonds. The Balaban J connectivity index is 1.56. The first kappa shape index (κ1) is 15.5. The number of carbonyl (C=O) groups is 2. The second kappa shape index (κ2) is 6.82. The summed E-state index contributed by atoms with van der Waals surface area (Å²) in [5.74, 6) is -0.835. The number of carbonyl (C=O) groups excluding carboxylic acids is 2. The maximum Gasteiger partial charge on any atom is 0.276 e. The van der Waals surface area contributed by atoms with Gasteiger partial charge in [0, 0.05) is 18.0 Å². The van der Waals surface area contributed by atoms with Gasteiger partial charge < -0.3 is 10.2 Å². The van der Waals surface area contributed by atoms with E-state index in [9.17, 15) is 14.0 Å². The average molecular weight is 334 g/mol. The van der Waals surface area contributed by atoms with Gasteiger partial charge in [0.2, 0.25) is 5.91 Å². The highest BCUT2D eigenvalue weighted by atomic mass is 32.1. The number of amides is 2. The van der Waals surface area contributed by atoms with E-state index in [1.807, 2.05) is 0 Å². The van der Waals surface area contributed by atoms with Crippen LogP contribution in [0.2, 0.25) is 0 Å². The van der Waals surface area contributed by atoms with E-state index < -0.39 is 0 Å². The van der Waals surface area contributed by atoms with Gasteiger partial charge >= 0.3 is 0 Å². The predicted molar refractivity (Wildman–Crippen MR) is 82.2 cm³/mol. The predicted octanol–water partition coefficient (Wildman–Crippen LogP) is 1.60. The summed E-state index contributed by atoms with van der Waals surface area (Å²) in [7, 11) is 0. The SMILES string of the molecule is O=C(CN(C(=O)c1csnn1)C1CC1)NCc1ccc(F)cc1. The molecule has 23 heavy (non-hydrogen) atoms. The minimum absolute atomic E-state index is 0.0117. The molecule has 1 fully saturated rings. The number of halogens is 1. The summed E-state index contributed by atoms with van der Waals surface area (Å²) in [6.07, 6.45) is 1.79. The molecule has 6 nitrogen and oxygen atoms in total. The van der Waals surface area contributed by atoms with Crippen molar-refractivity contribution in [3.8, 4) is 0 Å². The third kappa shape index (κ3) is 4.10. The molecule has 120 valence electrons. The first-order valence-electron chi connectivity index (χ1n) is 7.22. The molecule has 1 aromatic heterocycles. The summed E-state index contributed by atoms with van der Waals surface area (Å²) in [5, 5.41) is 8.09. The maximum absolute atomic E-state index is 12.8. The molecule has 1 aromatic carbocycles. The van der Waals surface area contributed by atoms with Crippen molar-refractivity contribution >= 4 is 23.3 Å². The van der Waals surface area contributed by atoms with Crippen molar-refractivity contribution in [3.63, 3.8) is 0 Å². The van der Waals surface area contributed by atoms with E-state index in [1.165, 1.54) is 17.0 Å². The fourth-order valence-electron chi connectivity index (χ4n) is 2.17. The molecule has 1 N–H and O–H groups in total. The lowest BCUT2D eigenvalue weighted by atomic mass is 10.2. The van der Waals surface area contributed by atoms with Crippen molar-refractivity contribution in [2.45, 2.75) is 25.4 Å². The van der Waals surface area contributed by atoms with Crippen molar-refractivity contribution in [3.05, 3.63) is 46.7 Å². The highest BCUT2D eigenvalue weighted by Crippen LogP contribution is 2.27. The Morgan fingerprint density at radius 2 is 2.04 bits per heavy atom. The zero-order valence-corrected chi connectivity index (χ0v) is 13.1. The summed E-state index contributed by atoms with van der Waals surface area (Å²) in [6, 6.07) is 6.01. The van der Waals surface area contributed by atoms with E-state index in [-0.39, 0.29) is 35.9 Å². The van der Waals surface area contributed by atoms with Crippen LogP contribution >= 0.6 is 11.5 Å². The second-order valence-corrected chi connectivity index (χ2v) is 5.97. The van der Waals surface area contributed by atoms with Gasteiger partial charge in [-0.15, -0.1) is 5.10 Å². The number of rotatable bonds is 6. The van der Waals surface area contributed by atoms with Crippen LogP contribution in [-0.4, -0.2) is 38.9 Å². The van der Waals surface area contributed by atoms with Crippen molar-refractivity contribution in [2.24, 2.45) is 0 Å². The summed E-state index contributed by atoms with van der Waals surface area (Å²) in [6.45, 7) is 0.284. The van der Waals surface area contributed by atoms with E-state index in [2.05, 4.69) is 14.9 Å². The van der Waals surface area contributed by atoms with E-state index in [1.54, 1.807) is 17.5 Å². The van der Waals surface area contributed by atoms with E-state index >= 15 is 0 Å². The lowest BCUT2D eigenvalue weighted by Crippen LogP contribution is -2.42. The van der Waals surface area contributed by atoms with Gasteiger partial charge in [-0.1, -0.05) is 16.6 Å². The number of nitrogens with one attached hydrogen (secondary N) is 1. The Morgan fingerprint density at radius 1 is 1.30 bits per heavy atom. The second-order valence-electron chi connectivity index (χ2n) is 5.36. The largest absolute Gasteiger partial charge is 0.350 e. The van der Waals surface area contributed by atoms with E-state index in [0.29, 0.717) is 6.54 Å². The smallest absolute Gasteiger partial charge is 0.276 e. The Morgan fingerprint density at radius 3 is 2.65 bits per heavy atom. The molecule has 0 aliphatic heterocycles. The zero-order valence-electron chi connectivity index (χ0n) is 12.2. The van der Waals surface area contributed by atoms with Gasteiger partial charge in [-0.2, -0.15) is 0 Å². The third-order valence-electron chi connectivity index (χ3n) is 3.54. The third-order valence-corrected chi connectivity index (χ3v) is 4.05. The van der Waals surface area contributed by atoms with Gasteiger partial charge in [0.15, 0.2) is 5.69 Å². The van der Waals surface area contributed by atoms with Crippen LogP contribution in [0, 0.1) is 5.82 Å². The Bertz CT molecular complexity index is 686. The molecule has 1 saturated carbocycles. The van der Waals surface area contributed by atoms with Crippen LogP contribution in [0.3, 0.4) is 0 Å². The molecule has 1 heterocycles. The fourth-order valence-corrected chi connectivity index (χ4v) is 2.60. The minimum atomic E-state index is -0.317. The average Bonchev–Trinajstić information content (AvgIpc) is 3.24. The molecular weight excluding hydrogens is 319 g/mol. The highest BCUT2D eigenvalue weighted by molar-refractivity contribution is 7.03. The fraction of sp³-hybridized carbons (Fsp3) is 0.333. The highest BCUT2D eigenvalue weighted by Gasteiger charge is 2.35. The van der Waals surface area contributed by atoms with Crippen molar-refractivity contribution in [1.29, 1.82) is 0 Å². The number of aromatic nitrogens is 2. The van der Waals surface area contributed by atoms with Crippen molar-refractivity contribution in [2.75, 3.05) is 6.54 Å². The van der Waals surface area contributed by atoms with Gasteiger partial charge in [-0.05, 0) is 42.1 Å². The molecule has 2 aromatic rings. The first-order valence-corrected chi connectivity index (χ1v) is 8.06. The normalized spacial score (nSPS) is 13.6. The molecular formula is C15H15FN4O2S. The molecule has 0 bridgehead atoms. The minimum Gasteiger partial charge on any atom is -0.350 e. The molecule has 1 aliphatic rings. The number of benzene rings is 1. The molecule has 1 aliphatic carbocycles. The van der Waals surface area contributed by atoms with Crippen LogP contribution in [0.15, 0.2) is 29.6 Å². The molecule has 0 spiro atoms. The molecule has 0 saturated heterocycles. The summed E-state index contributed by atoms with van der Waals surface area (Å²) >= 11 is 1.11. The van der Waals surface area contributed by atoms with Crippen LogP contribution in [0.1, 0.15) is 28.9 Å².